The van der Waals surface area contributed by atoms with Gasteiger partial charge in [0, 0.05) is 12.1 Å². The minimum atomic E-state index is -3.86. The van der Waals surface area contributed by atoms with Crippen LogP contribution >= 0.6 is 0 Å². The molecule has 4 rings (SSSR count). The van der Waals surface area contributed by atoms with Gasteiger partial charge in [-0.05, 0) is 41.8 Å². The summed E-state index contributed by atoms with van der Waals surface area (Å²) < 4.78 is 29.2. The van der Waals surface area contributed by atoms with Crippen LogP contribution in [0, 0.1) is 6.92 Å². The number of aliphatic hydroxyl groups is 1. The standard InChI is InChI=1S/C27H25NO3S/c1-21-17-18-26(32(30,31)28-25-15-9-4-10-16-25)22(19-21)20-27(29,23-11-5-2-6-12-23)24-13-7-3-8-14-24/h2-19,28-29H,20H2,1H3. The SMILES string of the molecule is Cc1ccc(S(=O)(=O)Nc2ccccc2)c(CC(O)(c2ccccc2)c2ccccc2)c1. The number of benzene rings is 4. The molecule has 0 unspecified atom stereocenters. The number of para-hydroxylation sites is 1. The Bertz CT molecular complexity index is 1250. The number of anilines is 1. The lowest BCUT2D eigenvalue weighted by atomic mass is 9.81. The quantitative estimate of drug-likeness (QED) is 0.409. The van der Waals surface area contributed by atoms with Crippen LogP contribution in [-0.2, 0) is 22.0 Å². The van der Waals surface area contributed by atoms with Gasteiger partial charge in [-0.2, -0.15) is 0 Å². The van der Waals surface area contributed by atoms with Gasteiger partial charge >= 0.3 is 0 Å². The monoisotopic (exact) mass is 443 g/mol. The van der Waals surface area contributed by atoms with Crippen molar-refractivity contribution in [1.82, 2.24) is 0 Å². The summed E-state index contributed by atoms with van der Waals surface area (Å²) in [7, 11) is -3.86. The molecule has 0 aromatic heterocycles. The van der Waals surface area contributed by atoms with E-state index in [2.05, 4.69) is 4.72 Å². The van der Waals surface area contributed by atoms with Crippen molar-refractivity contribution in [2.75, 3.05) is 4.72 Å². The Labute approximate surface area is 189 Å². The molecule has 0 aliphatic heterocycles. The van der Waals surface area contributed by atoms with E-state index in [1.165, 1.54) is 0 Å². The van der Waals surface area contributed by atoms with Crippen LogP contribution in [0.15, 0.2) is 114 Å². The predicted molar refractivity (Wildman–Crippen MR) is 128 cm³/mol. The van der Waals surface area contributed by atoms with Crippen LogP contribution in [0.1, 0.15) is 22.3 Å². The van der Waals surface area contributed by atoms with Gasteiger partial charge in [-0.15, -0.1) is 0 Å². The third kappa shape index (κ3) is 4.59. The summed E-state index contributed by atoms with van der Waals surface area (Å²) in [6.45, 7) is 1.91. The maximum absolute atomic E-state index is 13.3. The Balaban J connectivity index is 1.81. The van der Waals surface area contributed by atoms with Gasteiger partial charge in [0.15, 0.2) is 0 Å². The van der Waals surface area contributed by atoms with Crippen molar-refractivity contribution in [3.8, 4) is 0 Å². The van der Waals surface area contributed by atoms with Gasteiger partial charge < -0.3 is 5.11 Å². The topological polar surface area (TPSA) is 66.4 Å². The first-order chi connectivity index (χ1) is 15.4. The lowest BCUT2D eigenvalue weighted by molar-refractivity contribution is 0.0804. The summed E-state index contributed by atoms with van der Waals surface area (Å²) in [6.07, 6.45) is 0.105. The van der Waals surface area contributed by atoms with E-state index in [1.54, 1.807) is 36.4 Å². The lowest BCUT2D eigenvalue weighted by Crippen LogP contribution is -2.31. The Kier molecular flexibility index (Phi) is 6.12. The van der Waals surface area contributed by atoms with E-state index in [0.29, 0.717) is 22.4 Å². The molecule has 2 N–H and O–H groups in total. The minimum absolute atomic E-state index is 0.105. The fourth-order valence-electron chi connectivity index (χ4n) is 3.90. The Morgan fingerprint density at radius 3 is 1.78 bits per heavy atom. The van der Waals surface area contributed by atoms with Crippen LogP contribution in [0.2, 0.25) is 0 Å². The number of nitrogens with one attached hydrogen (secondary N) is 1. The number of hydrogen-bond acceptors (Lipinski definition) is 3. The minimum Gasteiger partial charge on any atom is -0.380 e. The molecular weight excluding hydrogens is 418 g/mol. The van der Waals surface area contributed by atoms with E-state index in [-0.39, 0.29) is 11.3 Å². The highest BCUT2D eigenvalue weighted by atomic mass is 32.2. The molecule has 0 amide bonds. The molecule has 5 heteroatoms. The molecule has 4 aromatic carbocycles. The van der Waals surface area contributed by atoms with Gasteiger partial charge in [0.05, 0.1) is 4.90 Å². The van der Waals surface area contributed by atoms with E-state index in [4.69, 9.17) is 0 Å². The Morgan fingerprint density at radius 2 is 1.25 bits per heavy atom. The molecular formula is C27H25NO3S. The van der Waals surface area contributed by atoms with Gasteiger partial charge in [-0.25, -0.2) is 8.42 Å². The van der Waals surface area contributed by atoms with Crippen molar-refractivity contribution in [3.05, 3.63) is 131 Å². The zero-order valence-corrected chi connectivity index (χ0v) is 18.6. The van der Waals surface area contributed by atoms with Crippen molar-refractivity contribution in [3.63, 3.8) is 0 Å². The first-order valence-corrected chi connectivity index (χ1v) is 11.9. The lowest BCUT2D eigenvalue weighted by Gasteiger charge is -2.30. The second-order valence-corrected chi connectivity index (χ2v) is 9.50. The molecule has 0 heterocycles. The van der Waals surface area contributed by atoms with E-state index in [9.17, 15) is 13.5 Å². The Hall–Kier alpha value is -3.41. The summed E-state index contributed by atoms with van der Waals surface area (Å²) in [5.41, 5.74) is 1.96. The molecule has 0 saturated carbocycles. The first-order valence-electron chi connectivity index (χ1n) is 10.4. The van der Waals surface area contributed by atoms with Crippen LogP contribution in [0.4, 0.5) is 5.69 Å². The maximum Gasteiger partial charge on any atom is 0.262 e. The number of hydrogen-bond donors (Lipinski definition) is 2. The summed E-state index contributed by atoms with van der Waals surface area (Å²) in [5, 5.41) is 12.0. The first kappa shape index (κ1) is 21.8. The molecule has 0 aliphatic carbocycles. The zero-order valence-electron chi connectivity index (χ0n) is 17.8. The highest BCUT2D eigenvalue weighted by Crippen LogP contribution is 2.35. The number of aryl methyl sites for hydroxylation is 1. The molecule has 4 nitrogen and oxygen atoms in total. The molecule has 32 heavy (non-hydrogen) atoms. The molecule has 0 atom stereocenters. The van der Waals surface area contributed by atoms with Gasteiger partial charge in [-0.1, -0.05) is 96.6 Å². The van der Waals surface area contributed by atoms with Crippen molar-refractivity contribution >= 4 is 15.7 Å². The summed E-state index contributed by atoms with van der Waals surface area (Å²) in [5.74, 6) is 0. The van der Waals surface area contributed by atoms with E-state index in [1.807, 2.05) is 79.7 Å². The third-order valence-corrected chi connectivity index (χ3v) is 6.96. The van der Waals surface area contributed by atoms with Gasteiger partial charge in [0.2, 0.25) is 0 Å². The molecule has 0 radical (unpaired) electrons. The fourth-order valence-corrected chi connectivity index (χ4v) is 5.18. The molecule has 162 valence electrons. The van der Waals surface area contributed by atoms with Crippen molar-refractivity contribution in [2.24, 2.45) is 0 Å². The smallest absolute Gasteiger partial charge is 0.262 e. The van der Waals surface area contributed by atoms with Crippen LogP contribution in [0.5, 0.6) is 0 Å². The molecule has 4 aromatic rings. The molecule has 0 fully saturated rings. The highest BCUT2D eigenvalue weighted by molar-refractivity contribution is 7.92. The average Bonchev–Trinajstić information content (AvgIpc) is 2.80. The van der Waals surface area contributed by atoms with Crippen molar-refractivity contribution in [2.45, 2.75) is 23.8 Å². The van der Waals surface area contributed by atoms with E-state index < -0.39 is 15.6 Å². The van der Waals surface area contributed by atoms with Crippen LogP contribution in [0.3, 0.4) is 0 Å². The number of rotatable bonds is 7. The molecule has 0 aliphatic rings. The normalized spacial score (nSPS) is 11.8. The Morgan fingerprint density at radius 1 is 0.750 bits per heavy atom. The van der Waals surface area contributed by atoms with Gasteiger partial charge in [0.25, 0.3) is 10.0 Å². The van der Waals surface area contributed by atoms with E-state index in [0.717, 1.165) is 5.56 Å². The largest absolute Gasteiger partial charge is 0.380 e. The average molecular weight is 444 g/mol. The van der Waals surface area contributed by atoms with Crippen molar-refractivity contribution < 1.29 is 13.5 Å². The molecule has 0 saturated heterocycles. The summed E-state index contributed by atoms with van der Waals surface area (Å²) in [4.78, 5) is 0.150. The van der Waals surface area contributed by atoms with Crippen LogP contribution < -0.4 is 4.72 Å². The second-order valence-electron chi connectivity index (χ2n) is 7.85. The molecule has 0 spiro atoms. The fraction of sp³-hybridized carbons (Fsp3) is 0.111. The van der Waals surface area contributed by atoms with Gasteiger partial charge in [-0.3, -0.25) is 4.72 Å². The van der Waals surface area contributed by atoms with Gasteiger partial charge in [0.1, 0.15) is 5.60 Å². The van der Waals surface area contributed by atoms with Crippen LogP contribution in [0.25, 0.3) is 0 Å². The zero-order chi connectivity index (χ0) is 22.6. The van der Waals surface area contributed by atoms with E-state index >= 15 is 0 Å². The second kappa shape index (κ2) is 8.99. The number of sulfonamides is 1. The molecule has 0 bridgehead atoms. The van der Waals surface area contributed by atoms with Crippen molar-refractivity contribution in [1.29, 1.82) is 0 Å². The predicted octanol–water partition coefficient (Wildman–Crippen LogP) is 5.27. The van der Waals surface area contributed by atoms with Crippen LogP contribution in [-0.4, -0.2) is 13.5 Å². The maximum atomic E-state index is 13.3. The summed E-state index contributed by atoms with van der Waals surface area (Å²) in [6, 6.07) is 32.7. The third-order valence-electron chi connectivity index (χ3n) is 5.48. The summed E-state index contributed by atoms with van der Waals surface area (Å²) >= 11 is 0. The highest BCUT2D eigenvalue weighted by Gasteiger charge is 2.34.